The lowest BCUT2D eigenvalue weighted by Gasteiger charge is -2.41. The number of halogens is 7. The highest BCUT2D eigenvalue weighted by Gasteiger charge is 2.45. The van der Waals surface area contributed by atoms with Crippen LogP contribution in [0.3, 0.4) is 0 Å². The Kier molecular flexibility index (Phi) is 11.4. The summed E-state index contributed by atoms with van der Waals surface area (Å²) in [6, 6.07) is 5.25. The zero-order chi connectivity index (χ0) is 32.9. The summed E-state index contributed by atoms with van der Waals surface area (Å²) < 4.78 is 118. The van der Waals surface area contributed by atoms with Gasteiger partial charge in [0.2, 0.25) is 0 Å². The monoisotopic (exact) mass is 660 g/mol. The van der Waals surface area contributed by atoms with Crippen LogP contribution in [0.15, 0.2) is 36.4 Å². The van der Waals surface area contributed by atoms with Gasteiger partial charge in [-0.15, -0.1) is 13.2 Å². The van der Waals surface area contributed by atoms with Crippen molar-refractivity contribution >= 4 is 0 Å². The van der Waals surface area contributed by atoms with Crippen LogP contribution in [0, 0.1) is 41.2 Å². The summed E-state index contributed by atoms with van der Waals surface area (Å²) in [4.78, 5) is 0. The van der Waals surface area contributed by atoms with Crippen LogP contribution in [0.1, 0.15) is 84.0 Å². The third-order valence-electron chi connectivity index (χ3n) is 9.97. The molecule has 3 fully saturated rings. The molecule has 46 heavy (non-hydrogen) atoms. The average Bonchev–Trinajstić information content (AvgIpc) is 3.01. The van der Waals surface area contributed by atoms with Gasteiger partial charge in [0.15, 0.2) is 6.29 Å². The summed E-state index contributed by atoms with van der Waals surface area (Å²) in [7, 11) is 0. The van der Waals surface area contributed by atoms with Gasteiger partial charge in [0.05, 0.1) is 24.7 Å². The van der Waals surface area contributed by atoms with Crippen LogP contribution in [0.25, 0.3) is 11.1 Å². The molecular weight excluding hydrogens is 617 g/mol. The molecule has 1 saturated heterocycles. The van der Waals surface area contributed by atoms with Gasteiger partial charge in [-0.1, -0.05) is 38.3 Å². The lowest BCUT2D eigenvalue weighted by molar-refractivity contribution is -0.274. The van der Waals surface area contributed by atoms with Crippen LogP contribution in [-0.4, -0.2) is 32.0 Å². The second-order valence-electron chi connectivity index (χ2n) is 13.2. The molecule has 0 aromatic heterocycles. The third-order valence-corrected chi connectivity index (χ3v) is 9.97. The summed E-state index contributed by atoms with van der Waals surface area (Å²) in [6.45, 7) is 3.72. The van der Waals surface area contributed by atoms with E-state index in [1.165, 1.54) is 19.3 Å². The fraction of sp³-hybridized carbons (Fsp3) is 0.657. The summed E-state index contributed by atoms with van der Waals surface area (Å²) >= 11 is 0. The van der Waals surface area contributed by atoms with Gasteiger partial charge in [-0.2, -0.15) is 8.78 Å². The minimum Gasteiger partial charge on any atom is -0.432 e. The largest absolute Gasteiger partial charge is 0.573 e. The van der Waals surface area contributed by atoms with Crippen LogP contribution in [0.4, 0.5) is 30.7 Å². The Morgan fingerprint density at radius 2 is 1.24 bits per heavy atom. The van der Waals surface area contributed by atoms with Gasteiger partial charge in [-0.05, 0) is 87.3 Å². The molecule has 2 aromatic rings. The Balaban J connectivity index is 1.08. The fourth-order valence-electron chi connectivity index (χ4n) is 7.44. The van der Waals surface area contributed by atoms with Crippen LogP contribution in [0.2, 0.25) is 0 Å². The smallest absolute Gasteiger partial charge is 0.432 e. The average molecular weight is 661 g/mol. The molecule has 0 N–H and O–H groups in total. The fourth-order valence-corrected chi connectivity index (χ4v) is 7.44. The predicted molar refractivity (Wildman–Crippen MR) is 158 cm³/mol. The van der Waals surface area contributed by atoms with E-state index in [2.05, 4.69) is 11.7 Å². The van der Waals surface area contributed by atoms with Gasteiger partial charge in [0.25, 0.3) is 0 Å². The van der Waals surface area contributed by atoms with E-state index in [0.29, 0.717) is 48.6 Å². The molecule has 1 aliphatic heterocycles. The number of hydrogen-bond donors (Lipinski definition) is 0. The van der Waals surface area contributed by atoms with Gasteiger partial charge < -0.3 is 18.9 Å². The minimum atomic E-state index is -4.92. The molecule has 256 valence electrons. The van der Waals surface area contributed by atoms with Gasteiger partial charge in [0, 0.05) is 24.0 Å². The number of alkyl halides is 5. The van der Waals surface area contributed by atoms with Crippen molar-refractivity contribution in [1.29, 1.82) is 0 Å². The van der Waals surface area contributed by atoms with E-state index in [4.69, 9.17) is 14.2 Å². The predicted octanol–water partition coefficient (Wildman–Crippen LogP) is 10.7. The molecule has 4 nitrogen and oxygen atoms in total. The molecule has 5 rings (SSSR count). The summed E-state index contributed by atoms with van der Waals surface area (Å²) in [5, 5.41) is 0. The van der Waals surface area contributed by atoms with E-state index in [1.807, 2.05) is 0 Å². The lowest BCUT2D eigenvalue weighted by atomic mass is 9.69. The Morgan fingerprint density at radius 1 is 0.696 bits per heavy atom. The van der Waals surface area contributed by atoms with Crippen molar-refractivity contribution in [3.05, 3.63) is 48.0 Å². The van der Waals surface area contributed by atoms with Crippen molar-refractivity contribution in [1.82, 2.24) is 0 Å². The molecule has 0 bridgehead atoms. The van der Waals surface area contributed by atoms with Crippen LogP contribution in [0.5, 0.6) is 11.5 Å². The highest BCUT2D eigenvalue weighted by Crippen LogP contribution is 2.46. The van der Waals surface area contributed by atoms with Gasteiger partial charge in [-0.3, -0.25) is 0 Å². The van der Waals surface area contributed by atoms with Crippen molar-refractivity contribution in [2.75, 3.05) is 13.2 Å². The maximum absolute atomic E-state index is 15.2. The first-order chi connectivity index (χ1) is 21.9. The normalized spacial score (nSPS) is 27.7. The maximum Gasteiger partial charge on any atom is 0.573 e. The number of hydrogen-bond acceptors (Lipinski definition) is 4. The second-order valence-corrected chi connectivity index (χ2v) is 13.2. The van der Waals surface area contributed by atoms with E-state index >= 15 is 8.78 Å². The Labute approximate surface area is 265 Å². The third kappa shape index (κ3) is 9.08. The molecule has 0 unspecified atom stereocenters. The molecule has 0 atom stereocenters. The highest BCUT2D eigenvalue weighted by molar-refractivity contribution is 5.66. The number of benzene rings is 2. The van der Waals surface area contributed by atoms with Crippen LogP contribution >= 0.6 is 0 Å². The first-order valence-corrected chi connectivity index (χ1v) is 16.6. The summed E-state index contributed by atoms with van der Waals surface area (Å²) in [5.41, 5.74) is -0.655. The van der Waals surface area contributed by atoms with Crippen molar-refractivity contribution in [2.45, 2.75) is 103 Å². The molecule has 2 aromatic carbocycles. The van der Waals surface area contributed by atoms with E-state index in [9.17, 15) is 22.0 Å². The van der Waals surface area contributed by atoms with Gasteiger partial charge in [-0.25, -0.2) is 8.78 Å². The molecule has 0 radical (unpaired) electrons. The van der Waals surface area contributed by atoms with Gasteiger partial charge in [0.1, 0.15) is 23.1 Å². The van der Waals surface area contributed by atoms with Crippen molar-refractivity contribution in [3.63, 3.8) is 0 Å². The molecule has 2 aliphatic carbocycles. The first-order valence-electron chi connectivity index (χ1n) is 16.6. The van der Waals surface area contributed by atoms with Crippen molar-refractivity contribution < 1.29 is 49.7 Å². The first kappa shape index (κ1) is 34.8. The molecule has 11 heteroatoms. The van der Waals surface area contributed by atoms with Crippen molar-refractivity contribution in [3.8, 4) is 22.6 Å². The van der Waals surface area contributed by atoms with Crippen LogP contribution in [-0.2, 0) is 9.47 Å². The lowest BCUT2D eigenvalue weighted by Crippen LogP contribution is -2.40. The molecule has 1 heterocycles. The molecule has 2 saturated carbocycles. The maximum atomic E-state index is 15.2. The molecule has 0 amide bonds. The quantitative estimate of drug-likeness (QED) is 0.178. The van der Waals surface area contributed by atoms with E-state index in [0.717, 1.165) is 69.6 Å². The standard InChI is InChI=1S/C35H43F7O4/c1-2-3-4-5-22-20-43-33(44-21-22)26-8-6-23(7-9-26)24-10-14-27(15-11-24)34(38,39)45-29-18-30(36)32(31(37)19-29)25-12-16-28(17-13-25)46-35(40,41)42/h12-13,16-19,22-24,26-27,33H,2-11,14-15,20-21H2,1H3. The number of ether oxygens (including phenoxy) is 4. The molecule has 3 aliphatic rings. The molecule has 0 spiro atoms. The zero-order valence-electron chi connectivity index (χ0n) is 26.1. The number of unbranched alkanes of at least 4 members (excludes halogenated alkanes) is 2. The topological polar surface area (TPSA) is 36.9 Å². The van der Waals surface area contributed by atoms with Gasteiger partial charge >= 0.3 is 12.5 Å². The van der Waals surface area contributed by atoms with Crippen LogP contribution < -0.4 is 9.47 Å². The van der Waals surface area contributed by atoms with E-state index in [1.54, 1.807) is 0 Å². The summed E-state index contributed by atoms with van der Waals surface area (Å²) in [6.07, 6.45) is 1.97. The Bertz CT molecular complexity index is 1220. The van der Waals surface area contributed by atoms with Crippen molar-refractivity contribution in [2.24, 2.45) is 29.6 Å². The Morgan fingerprint density at radius 3 is 1.78 bits per heavy atom. The van der Waals surface area contributed by atoms with E-state index < -0.39 is 47.1 Å². The summed E-state index contributed by atoms with van der Waals surface area (Å²) in [5.74, 6) is -2.97. The number of rotatable bonds is 11. The Hall–Kier alpha value is -2.53. The minimum absolute atomic E-state index is 0.0829. The zero-order valence-corrected chi connectivity index (χ0v) is 26.1. The molecular formula is C35H43F7O4. The highest BCUT2D eigenvalue weighted by atomic mass is 19.4. The SMILES string of the molecule is CCCCCC1COC(C2CCC(C3CCC(C(F)(F)Oc4cc(F)c(-c5ccc(OC(F)(F)F)cc5)c(F)c4)CC3)CC2)OC1. The second kappa shape index (κ2) is 15.1. The van der Waals surface area contributed by atoms with E-state index in [-0.39, 0.29) is 24.7 Å².